The van der Waals surface area contributed by atoms with Crippen molar-refractivity contribution in [1.82, 2.24) is 20.3 Å². The first-order chi connectivity index (χ1) is 11.5. The summed E-state index contributed by atoms with van der Waals surface area (Å²) in [5, 5.41) is 12.2. The number of hydrogen-bond donors (Lipinski definition) is 0. The summed E-state index contributed by atoms with van der Waals surface area (Å²) in [5.41, 5.74) is -0.168. The largest absolute Gasteiger partial charge is 0.407 e. The predicted molar refractivity (Wildman–Crippen MR) is 83.7 cm³/mol. The van der Waals surface area contributed by atoms with Crippen LogP contribution in [0, 0.1) is 0 Å². The van der Waals surface area contributed by atoms with Gasteiger partial charge in [-0.1, -0.05) is 31.0 Å². The van der Waals surface area contributed by atoms with Crippen LogP contribution in [0.15, 0.2) is 8.94 Å². The Labute approximate surface area is 140 Å². The standard InChI is InChI=1S/C15H23N5O4/c1-15(2,3)13-17-18-14(23-13)20-5-6-22-10(8-20)7-12-16-11(9-21-4)19-24-12/h10H,5-9H2,1-4H3/t10-/m0/s1. The first kappa shape index (κ1) is 16.8. The van der Waals surface area contributed by atoms with Crippen molar-refractivity contribution in [2.45, 2.75) is 45.3 Å². The zero-order chi connectivity index (χ0) is 17.2. The average Bonchev–Trinajstić information content (AvgIpc) is 3.17. The van der Waals surface area contributed by atoms with Crippen molar-refractivity contribution in [3.05, 3.63) is 17.6 Å². The second-order valence-corrected chi connectivity index (χ2v) is 6.82. The van der Waals surface area contributed by atoms with Gasteiger partial charge in [-0.15, -0.1) is 5.10 Å². The van der Waals surface area contributed by atoms with Crippen LogP contribution in [0.5, 0.6) is 0 Å². The lowest BCUT2D eigenvalue weighted by atomic mass is 9.97. The van der Waals surface area contributed by atoms with E-state index in [-0.39, 0.29) is 11.5 Å². The van der Waals surface area contributed by atoms with Gasteiger partial charge in [0.05, 0.1) is 19.1 Å². The third-order valence-electron chi connectivity index (χ3n) is 3.65. The van der Waals surface area contributed by atoms with Gasteiger partial charge in [-0.05, 0) is 0 Å². The Kier molecular flexibility index (Phi) is 4.81. The van der Waals surface area contributed by atoms with E-state index in [0.717, 1.165) is 0 Å². The van der Waals surface area contributed by atoms with Gasteiger partial charge in [-0.25, -0.2) is 0 Å². The summed E-state index contributed by atoms with van der Waals surface area (Å²) in [6.07, 6.45) is 0.465. The lowest BCUT2D eigenvalue weighted by molar-refractivity contribution is 0.0344. The van der Waals surface area contributed by atoms with Crippen LogP contribution < -0.4 is 4.90 Å². The SMILES string of the molecule is COCc1noc(C[C@H]2CN(c3nnc(C(C)(C)C)o3)CCO2)n1. The number of methoxy groups -OCH3 is 1. The molecule has 0 spiro atoms. The van der Waals surface area contributed by atoms with Crippen molar-refractivity contribution >= 4 is 6.01 Å². The fraction of sp³-hybridized carbons (Fsp3) is 0.733. The second-order valence-electron chi connectivity index (χ2n) is 6.82. The van der Waals surface area contributed by atoms with Gasteiger partial charge >= 0.3 is 6.01 Å². The number of nitrogens with zero attached hydrogens (tertiary/aromatic N) is 5. The van der Waals surface area contributed by atoms with E-state index < -0.39 is 0 Å². The molecule has 1 fully saturated rings. The minimum Gasteiger partial charge on any atom is -0.407 e. The Morgan fingerprint density at radius 2 is 2.12 bits per heavy atom. The van der Waals surface area contributed by atoms with Crippen LogP contribution in [0.3, 0.4) is 0 Å². The van der Waals surface area contributed by atoms with E-state index in [9.17, 15) is 0 Å². The molecule has 2 aromatic rings. The monoisotopic (exact) mass is 337 g/mol. The second kappa shape index (κ2) is 6.86. The highest BCUT2D eigenvalue weighted by Crippen LogP contribution is 2.25. The highest BCUT2D eigenvalue weighted by atomic mass is 16.5. The summed E-state index contributed by atoms with van der Waals surface area (Å²) >= 11 is 0. The Balaban J connectivity index is 1.62. The van der Waals surface area contributed by atoms with E-state index in [1.54, 1.807) is 7.11 Å². The quantitative estimate of drug-likeness (QED) is 0.800. The van der Waals surface area contributed by atoms with Gasteiger partial charge in [0.25, 0.3) is 0 Å². The molecule has 0 aromatic carbocycles. The smallest absolute Gasteiger partial charge is 0.318 e. The third kappa shape index (κ3) is 3.90. The maximum Gasteiger partial charge on any atom is 0.318 e. The van der Waals surface area contributed by atoms with Crippen molar-refractivity contribution < 1.29 is 18.4 Å². The lowest BCUT2D eigenvalue weighted by Gasteiger charge is -2.30. The average molecular weight is 337 g/mol. The molecular formula is C15H23N5O4. The summed E-state index contributed by atoms with van der Waals surface area (Å²) in [5.74, 6) is 1.70. The zero-order valence-electron chi connectivity index (χ0n) is 14.5. The molecule has 1 saturated heterocycles. The molecule has 3 rings (SSSR count). The van der Waals surface area contributed by atoms with E-state index in [1.807, 2.05) is 25.7 Å². The summed E-state index contributed by atoms with van der Waals surface area (Å²) < 4.78 is 21.8. The third-order valence-corrected chi connectivity index (χ3v) is 3.65. The Morgan fingerprint density at radius 3 is 2.83 bits per heavy atom. The molecule has 24 heavy (non-hydrogen) atoms. The Hall–Kier alpha value is -2.00. The molecule has 1 atom stereocenters. The van der Waals surface area contributed by atoms with Crippen molar-refractivity contribution in [2.24, 2.45) is 0 Å². The molecule has 1 aliphatic rings. The van der Waals surface area contributed by atoms with E-state index in [1.165, 1.54) is 0 Å². The van der Waals surface area contributed by atoms with E-state index in [4.69, 9.17) is 18.4 Å². The molecule has 0 N–H and O–H groups in total. The molecule has 0 unspecified atom stereocenters. The van der Waals surface area contributed by atoms with Gasteiger partial charge in [0.15, 0.2) is 5.82 Å². The highest BCUT2D eigenvalue weighted by molar-refractivity contribution is 5.26. The van der Waals surface area contributed by atoms with E-state index >= 15 is 0 Å². The first-order valence-electron chi connectivity index (χ1n) is 7.96. The maximum atomic E-state index is 5.80. The maximum absolute atomic E-state index is 5.80. The minimum absolute atomic E-state index is 0.0698. The first-order valence-corrected chi connectivity index (χ1v) is 7.96. The number of ether oxygens (including phenoxy) is 2. The highest BCUT2D eigenvalue weighted by Gasteiger charge is 2.28. The van der Waals surface area contributed by atoms with Crippen LogP contribution in [-0.2, 0) is 27.9 Å². The Bertz CT molecular complexity index is 663. The van der Waals surface area contributed by atoms with Gasteiger partial charge in [0, 0.05) is 25.6 Å². The molecule has 0 saturated carbocycles. The van der Waals surface area contributed by atoms with E-state index in [0.29, 0.717) is 56.3 Å². The van der Waals surface area contributed by atoms with E-state index in [2.05, 4.69) is 20.3 Å². The number of hydrogen-bond acceptors (Lipinski definition) is 9. The molecule has 3 heterocycles. The van der Waals surface area contributed by atoms with Crippen molar-refractivity contribution in [3.8, 4) is 0 Å². The molecule has 2 aromatic heterocycles. The minimum atomic E-state index is -0.168. The van der Waals surface area contributed by atoms with Crippen molar-refractivity contribution in [2.75, 3.05) is 31.7 Å². The molecular weight excluding hydrogens is 314 g/mol. The van der Waals surface area contributed by atoms with Gasteiger partial charge in [-0.2, -0.15) is 4.98 Å². The van der Waals surface area contributed by atoms with Gasteiger partial charge in [0.1, 0.15) is 6.61 Å². The summed E-state index contributed by atoms with van der Waals surface area (Å²) in [6, 6.07) is 0.527. The number of anilines is 1. The molecule has 1 aliphatic heterocycles. The van der Waals surface area contributed by atoms with Gasteiger partial charge < -0.3 is 23.3 Å². The molecule has 0 bridgehead atoms. The molecule has 9 heteroatoms. The van der Waals surface area contributed by atoms with Crippen LogP contribution in [0.25, 0.3) is 0 Å². The zero-order valence-corrected chi connectivity index (χ0v) is 14.5. The Morgan fingerprint density at radius 1 is 1.29 bits per heavy atom. The number of morpholine rings is 1. The molecule has 0 amide bonds. The summed E-state index contributed by atoms with van der Waals surface area (Å²) in [6.45, 7) is 8.38. The van der Waals surface area contributed by atoms with Crippen molar-refractivity contribution in [3.63, 3.8) is 0 Å². The van der Waals surface area contributed by atoms with Crippen molar-refractivity contribution in [1.29, 1.82) is 0 Å². The fourth-order valence-electron chi connectivity index (χ4n) is 2.42. The number of rotatable bonds is 5. The molecule has 132 valence electrons. The normalized spacial score (nSPS) is 19.0. The van der Waals surface area contributed by atoms with Crippen LogP contribution in [-0.4, -0.2) is 53.2 Å². The summed E-state index contributed by atoms with van der Waals surface area (Å²) in [7, 11) is 1.59. The molecule has 0 radical (unpaired) electrons. The molecule has 0 aliphatic carbocycles. The van der Waals surface area contributed by atoms with Crippen LogP contribution in [0.2, 0.25) is 0 Å². The predicted octanol–water partition coefficient (Wildman–Crippen LogP) is 1.34. The topological polar surface area (TPSA) is 99.5 Å². The fourth-order valence-corrected chi connectivity index (χ4v) is 2.42. The summed E-state index contributed by atoms with van der Waals surface area (Å²) in [4.78, 5) is 6.31. The van der Waals surface area contributed by atoms with Crippen LogP contribution >= 0.6 is 0 Å². The van der Waals surface area contributed by atoms with Gasteiger partial charge in [-0.3, -0.25) is 0 Å². The van der Waals surface area contributed by atoms with Crippen LogP contribution in [0.4, 0.5) is 6.01 Å². The lowest BCUT2D eigenvalue weighted by Crippen LogP contribution is -2.43. The van der Waals surface area contributed by atoms with Gasteiger partial charge in [0.2, 0.25) is 11.8 Å². The van der Waals surface area contributed by atoms with Crippen LogP contribution in [0.1, 0.15) is 38.4 Å². The molecule has 9 nitrogen and oxygen atoms in total. The number of aromatic nitrogens is 4.